The Balaban J connectivity index is 1.95. The normalized spacial score (nSPS) is 16.1. The summed E-state index contributed by atoms with van der Waals surface area (Å²) in [6.45, 7) is 5.59. The van der Waals surface area contributed by atoms with Crippen molar-refractivity contribution in [3.63, 3.8) is 0 Å². The first-order valence-electron chi connectivity index (χ1n) is 5.92. The van der Waals surface area contributed by atoms with Crippen molar-refractivity contribution < 1.29 is 9.59 Å². The molecule has 16 heavy (non-hydrogen) atoms. The standard InChI is InChI=1S/C11H21N3O2/c1-10(15)12-5-6-13-11(16)4-9-14-7-2-3-8-14/h2-9H2,1H3,(H,12,15)(H,13,16). The maximum atomic E-state index is 11.4. The summed E-state index contributed by atoms with van der Waals surface area (Å²) in [6, 6.07) is 0. The predicted octanol–water partition coefficient (Wildman–Crippen LogP) is -0.275. The van der Waals surface area contributed by atoms with Crippen LogP contribution < -0.4 is 10.6 Å². The zero-order valence-electron chi connectivity index (χ0n) is 9.92. The first-order valence-corrected chi connectivity index (χ1v) is 5.92. The Kier molecular flexibility index (Phi) is 5.85. The summed E-state index contributed by atoms with van der Waals surface area (Å²) in [5.74, 6) is 0.00330. The number of nitrogens with one attached hydrogen (secondary N) is 2. The molecule has 1 rings (SSSR count). The van der Waals surface area contributed by atoms with Gasteiger partial charge in [-0.2, -0.15) is 0 Å². The van der Waals surface area contributed by atoms with E-state index in [0.717, 1.165) is 19.6 Å². The van der Waals surface area contributed by atoms with Gasteiger partial charge in [-0.1, -0.05) is 0 Å². The van der Waals surface area contributed by atoms with Crippen LogP contribution in [0.3, 0.4) is 0 Å². The Hall–Kier alpha value is -1.10. The molecule has 0 aromatic carbocycles. The van der Waals surface area contributed by atoms with Gasteiger partial charge in [0.25, 0.3) is 0 Å². The van der Waals surface area contributed by atoms with Crippen LogP contribution in [0.4, 0.5) is 0 Å². The maximum Gasteiger partial charge on any atom is 0.221 e. The van der Waals surface area contributed by atoms with Crippen LogP contribution >= 0.6 is 0 Å². The van der Waals surface area contributed by atoms with Crippen LogP contribution in [0.5, 0.6) is 0 Å². The van der Waals surface area contributed by atoms with E-state index in [9.17, 15) is 9.59 Å². The number of amides is 2. The lowest BCUT2D eigenvalue weighted by molar-refractivity contribution is -0.122. The molecule has 0 bridgehead atoms. The van der Waals surface area contributed by atoms with E-state index < -0.39 is 0 Å². The first kappa shape index (κ1) is 13.0. The quantitative estimate of drug-likeness (QED) is 0.614. The van der Waals surface area contributed by atoms with E-state index in [-0.39, 0.29) is 11.8 Å². The second-order valence-electron chi connectivity index (χ2n) is 4.13. The van der Waals surface area contributed by atoms with Crippen LogP contribution in [0.25, 0.3) is 0 Å². The van der Waals surface area contributed by atoms with Crippen LogP contribution in [0, 0.1) is 0 Å². The highest BCUT2D eigenvalue weighted by Crippen LogP contribution is 2.06. The highest BCUT2D eigenvalue weighted by atomic mass is 16.2. The fourth-order valence-electron chi connectivity index (χ4n) is 1.79. The Morgan fingerprint density at radius 3 is 2.38 bits per heavy atom. The Morgan fingerprint density at radius 2 is 1.75 bits per heavy atom. The van der Waals surface area contributed by atoms with Crippen LogP contribution in [0.15, 0.2) is 0 Å². The molecule has 0 spiro atoms. The third-order valence-electron chi connectivity index (χ3n) is 2.67. The molecular formula is C11H21N3O2. The van der Waals surface area contributed by atoms with Gasteiger partial charge in [0.15, 0.2) is 0 Å². The molecule has 5 heteroatoms. The van der Waals surface area contributed by atoms with Crippen molar-refractivity contribution in [2.24, 2.45) is 0 Å². The summed E-state index contributed by atoms with van der Waals surface area (Å²) >= 11 is 0. The SMILES string of the molecule is CC(=O)NCCNC(=O)CCN1CCCC1. The highest BCUT2D eigenvalue weighted by Gasteiger charge is 2.12. The number of hydrogen-bond donors (Lipinski definition) is 2. The minimum atomic E-state index is -0.0636. The second kappa shape index (κ2) is 7.22. The molecule has 1 aliphatic heterocycles. The van der Waals surface area contributed by atoms with Crippen molar-refractivity contribution in [3.8, 4) is 0 Å². The van der Waals surface area contributed by atoms with Crippen LogP contribution in [-0.4, -0.2) is 49.4 Å². The average Bonchev–Trinajstić information content (AvgIpc) is 2.74. The van der Waals surface area contributed by atoms with E-state index in [0.29, 0.717) is 19.5 Å². The lowest BCUT2D eigenvalue weighted by Crippen LogP contribution is -2.35. The van der Waals surface area contributed by atoms with E-state index in [1.54, 1.807) is 0 Å². The van der Waals surface area contributed by atoms with E-state index >= 15 is 0 Å². The minimum absolute atomic E-state index is 0.0636. The zero-order chi connectivity index (χ0) is 11.8. The van der Waals surface area contributed by atoms with Gasteiger partial charge in [0.05, 0.1) is 0 Å². The Bertz CT molecular complexity index is 237. The lowest BCUT2D eigenvalue weighted by Gasteiger charge is -2.13. The van der Waals surface area contributed by atoms with Crippen molar-refractivity contribution >= 4 is 11.8 Å². The molecule has 5 nitrogen and oxygen atoms in total. The second-order valence-corrected chi connectivity index (χ2v) is 4.13. The number of carbonyl (C=O) groups is 2. The topological polar surface area (TPSA) is 61.4 Å². The Labute approximate surface area is 96.6 Å². The van der Waals surface area contributed by atoms with Gasteiger partial charge in [0.1, 0.15) is 0 Å². The summed E-state index contributed by atoms with van der Waals surface area (Å²) < 4.78 is 0. The van der Waals surface area contributed by atoms with Crippen molar-refractivity contribution in [2.75, 3.05) is 32.7 Å². The van der Waals surface area contributed by atoms with E-state index in [4.69, 9.17) is 0 Å². The van der Waals surface area contributed by atoms with Gasteiger partial charge in [0, 0.05) is 33.0 Å². The minimum Gasteiger partial charge on any atom is -0.355 e. The van der Waals surface area contributed by atoms with Crippen LogP contribution in [0.2, 0.25) is 0 Å². The summed E-state index contributed by atoms with van der Waals surface area (Å²) in [4.78, 5) is 24.3. The van der Waals surface area contributed by atoms with Gasteiger partial charge in [-0.3, -0.25) is 9.59 Å². The van der Waals surface area contributed by atoms with E-state index in [2.05, 4.69) is 15.5 Å². The number of nitrogens with zero attached hydrogens (tertiary/aromatic N) is 1. The molecule has 1 heterocycles. The van der Waals surface area contributed by atoms with Crippen molar-refractivity contribution in [1.29, 1.82) is 0 Å². The molecule has 0 saturated carbocycles. The molecule has 1 aliphatic rings. The number of likely N-dealkylation sites (tertiary alicyclic amines) is 1. The molecule has 2 amide bonds. The smallest absolute Gasteiger partial charge is 0.221 e. The maximum absolute atomic E-state index is 11.4. The van der Waals surface area contributed by atoms with Gasteiger partial charge in [-0.05, 0) is 25.9 Å². The molecule has 0 aromatic heterocycles. The molecule has 0 radical (unpaired) electrons. The number of rotatable bonds is 6. The largest absolute Gasteiger partial charge is 0.355 e. The van der Waals surface area contributed by atoms with Crippen molar-refractivity contribution in [3.05, 3.63) is 0 Å². The van der Waals surface area contributed by atoms with E-state index in [1.807, 2.05) is 0 Å². The van der Waals surface area contributed by atoms with Crippen LogP contribution in [-0.2, 0) is 9.59 Å². The third kappa shape index (κ3) is 5.70. The molecule has 0 aromatic rings. The summed E-state index contributed by atoms with van der Waals surface area (Å²) in [6.07, 6.45) is 3.06. The molecule has 92 valence electrons. The van der Waals surface area contributed by atoms with E-state index in [1.165, 1.54) is 19.8 Å². The number of hydrogen-bond acceptors (Lipinski definition) is 3. The van der Waals surface area contributed by atoms with Gasteiger partial charge in [-0.15, -0.1) is 0 Å². The molecule has 0 unspecified atom stereocenters. The van der Waals surface area contributed by atoms with Crippen molar-refractivity contribution in [2.45, 2.75) is 26.2 Å². The zero-order valence-corrected chi connectivity index (χ0v) is 9.92. The summed E-state index contributed by atoms with van der Waals surface area (Å²) in [7, 11) is 0. The summed E-state index contributed by atoms with van der Waals surface area (Å²) in [5.41, 5.74) is 0. The molecule has 1 saturated heterocycles. The molecule has 0 atom stereocenters. The molecule has 1 fully saturated rings. The monoisotopic (exact) mass is 227 g/mol. The van der Waals surface area contributed by atoms with Gasteiger partial charge in [-0.25, -0.2) is 0 Å². The van der Waals surface area contributed by atoms with Gasteiger partial charge >= 0.3 is 0 Å². The fraction of sp³-hybridized carbons (Fsp3) is 0.818. The lowest BCUT2D eigenvalue weighted by atomic mass is 10.3. The van der Waals surface area contributed by atoms with Gasteiger partial charge < -0.3 is 15.5 Å². The Morgan fingerprint density at radius 1 is 1.12 bits per heavy atom. The van der Waals surface area contributed by atoms with Crippen molar-refractivity contribution in [1.82, 2.24) is 15.5 Å². The van der Waals surface area contributed by atoms with Crippen LogP contribution in [0.1, 0.15) is 26.2 Å². The third-order valence-corrected chi connectivity index (χ3v) is 2.67. The predicted molar refractivity (Wildman–Crippen MR) is 62.0 cm³/mol. The summed E-state index contributed by atoms with van der Waals surface area (Å²) in [5, 5.41) is 5.42. The first-order chi connectivity index (χ1) is 7.68. The van der Waals surface area contributed by atoms with Gasteiger partial charge in [0.2, 0.25) is 11.8 Å². The highest BCUT2D eigenvalue weighted by molar-refractivity contribution is 5.76. The molecule has 0 aliphatic carbocycles. The number of carbonyl (C=O) groups excluding carboxylic acids is 2. The molecular weight excluding hydrogens is 206 g/mol. The average molecular weight is 227 g/mol. The fourth-order valence-corrected chi connectivity index (χ4v) is 1.79. The molecule has 2 N–H and O–H groups in total.